The Hall–Kier alpha value is -1.38. The molecule has 1 aliphatic heterocycles. The van der Waals surface area contributed by atoms with E-state index in [4.69, 9.17) is 23.2 Å². The number of aryl methyl sites for hydroxylation is 1. The Labute approximate surface area is 190 Å². The molecule has 8 heteroatoms. The van der Waals surface area contributed by atoms with Gasteiger partial charge in [0.15, 0.2) is 0 Å². The summed E-state index contributed by atoms with van der Waals surface area (Å²) in [5.41, 5.74) is 5.12. The second kappa shape index (κ2) is 8.78. The zero-order valence-corrected chi connectivity index (χ0v) is 20.1. The van der Waals surface area contributed by atoms with Gasteiger partial charge in [-0.2, -0.15) is 0 Å². The number of amides is 1. The first-order chi connectivity index (χ1) is 14.0. The van der Waals surface area contributed by atoms with Crippen molar-refractivity contribution in [2.45, 2.75) is 25.8 Å². The van der Waals surface area contributed by atoms with Crippen molar-refractivity contribution in [3.8, 4) is 11.1 Å². The number of rotatable bonds is 5. The fourth-order valence-electron chi connectivity index (χ4n) is 4.10. The van der Waals surface area contributed by atoms with Crippen molar-refractivity contribution in [3.63, 3.8) is 0 Å². The van der Waals surface area contributed by atoms with E-state index in [-0.39, 0.29) is 27.1 Å². The van der Waals surface area contributed by atoms with E-state index in [2.05, 4.69) is 19.5 Å². The minimum absolute atomic E-state index is 0.243. The maximum absolute atomic E-state index is 12.8. The van der Waals surface area contributed by atoms with Crippen LogP contribution >= 0.6 is 23.2 Å². The predicted octanol–water partition coefficient (Wildman–Crippen LogP) is 1.33. The van der Waals surface area contributed by atoms with Crippen LogP contribution in [0.3, 0.4) is 0 Å². The fraction of sp³-hybridized carbons (Fsp3) is 0.381. The molecule has 0 bridgehead atoms. The van der Waals surface area contributed by atoms with Gasteiger partial charge >= 0.3 is 185 Å². The van der Waals surface area contributed by atoms with Gasteiger partial charge in [-0.05, 0) is 0 Å². The summed E-state index contributed by atoms with van der Waals surface area (Å²) in [7, 11) is 2.02. The first-order valence-corrected chi connectivity index (χ1v) is 13.9. The van der Waals surface area contributed by atoms with Crippen LogP contribution in [0.25, 0.3) is 22.0 Å². The average molecular weight is 544 g/mol. The molecule has 4 rings (SSSR count). The van der Waals surface area contributed by atoms with E-state index in [0.717, 1.165) is 47.0 Å². The van der Waals surface area contributed by atoms with Gasteiger partial charge in [-0.25, -0.2) is 0 Å². The zero-order valence-electron chi connectivity index (χ0n) is 16.4. The third-order valence-electron chi connectivity index (χ3n) is 5.49. The molecule has 154 valence electrons. The molecular formula is C21H22Cl2IN4O-. The molecule has 2 aromatic heterocycles. The van der Waals surface area contributed by atoms with Gasteiger partial charge < -0.3 is 0 Å². The number of benzene rings is 1. The Balaban J connectivity index is 1.83. The average Bonchev–Trinajstić information content (AvgIpc) is 3.03. The van der Waals surface area contributed by atoms with Gasteiger partial charge in [0.05, 0.1) is 0 Å². The summed E-state index contributed by atoms with van der Waals surface area (Å²) in [6.07, 6.45) is 7.52. The van der Waals surface area contributed by atoms with Gasteiger partial charge in [0, 0.05) is 0 Å². The van der Waals surface area contributed by atoms with E-state index in [1.54, 1.807) is 12.4 Å². The number of halogens is 3. The van der Waals surface area contributed by atoms with Gasteiger partial charge in [-0.15, -0.1) is 0 Å². The van der Waals surface area contributed by atoms with Crippen LogP contribution in [0.4, 0.5) is 0 Å². The second-order valence-electron chi connectivity index (χ2n) is 7.18. The molecule has 0 fully saturated rings. The molecule has 5 nitrogen and oxygen atoms in total. The monoisotopic (exact) mass is 543 g/mol. The topological polar surface area (TPSA) is 51.0 Å². The molecule has 29 heavy (non-hydrogen) atoms. The first kappa shape index (κ1) is 20.9. The summed E-state index contributed by atoms with van der Waals surface area (Å²) >= 11 is 13.4. The molecule has 3 aromatic rings. The van der Waals surface area contributed by atoms with Crippen molar-refractivity contribution in [1.29, 1.82) is 0 Å². The van der Waals surface area contributed by atoms with Gasteiger partial charge in [-0.3, -0.25) is 0 Å². The van der Waals surface area contributed by atoms with Crippen LogP contribution in [0.2, 0.25) is 10.0 Å². The summed E-state index contributed by atoms with van der Waals surface area (Å²) in [6, 6.07) is 1.89. The van der Waals surface area contributed by atoms with Crippen LogP contribution in [-0.4, -0.2) is 41.2 Å². The first-order valence-electron chi connectivity index (χ1n) is 9.48. The summed E-state index contributed by atoms with van der Waals surface area (Å²) < 4.78 is 3.33. The molecule has 1 aromatic carbocycles. The van der Waals surface area contributed by atoms with Crippen molar-refractivity contribution >= 4 is 40.0 Å². The molecule has 0 saturated heterocycles. The number of nitrogens with zero attached hydrogens (tertiary/aromatic N) is 4. The van der Waals surface area contributed by atoms with E-state index >= 15 is 0 Å². The second-order valence-corrected chi connectivity index (χ2v) is 10.6. The zero-order chi connectivity index (χ0) is 20.5. The van der Waals surface area contributed by atoms with Crippen molar-refractivity contribution in [1.82, 2.24) is 19.4 Å². The van der Waals surface area contributed by atoms with Crippen molar-refractivity contribution in [2.75, 3.05) is 15.9 Å². The molecule has 0 atom stereocenters. The molecule has 0 N–H and O–H groups in total. The molecule has 0 radical (unpaired) electrons. The SMILES string of the molecule is C[I-]CCCC(=O)N1CCc2c(c3c(-c4cncnc4)cc(Cl)c(Cl)c3n2C)C1. The minimum atomic E-state index is 0.243. The number of hydrogen-bond donors (Lipinski definition) is 0. The number of carbonyl (C=O) groups excluding carboxylic acids is 1. The fourth-order valence-corrected chi connectivity index (χ4v) is 5.72. The van der Waals surface area contributed by atoms with Crippen LogP contribution in [0.5, 0.6) is 0 Å². The Morgan fingerprint density at radius 3 is 2.76 bits per heavy atom. The molecule has 0 saturated carbocycles. The normalized spacial score (nSPS) is 13.9. The maximum atomic E-state index is 12.8. The molecule has 3 heterocycles. The van der Waals surface area contributed by atoms with Gasteiger partial charge in [0.2, 0.25) is 0 Å². The van der Waals surface area contributed by atoms with E-state index in [0.29, 0.717) is 23.0 Å². The van der Waals surface area contributed by atoms with Gasteiger partial charge in [0.1, 0.15) is 6.33 Å². The summed E-state index contributed by atoms with van der Waals surface area (Å²) in [6.45, 7) is 1.34. The number of carbonyl (C=O) groups is 1. The van der Waals surface area contributed by atoms with Crippen molar-refractivity contribution in [2.24, 2.45) is 7.05 Å². The van der Waals surface area contributed by atoms with Crippen LogP contribution in [-0.2, 0) is 24.8 Å². The van der Waals surface area contributed by atoms with Crippen LogP contribution in [0, 0.1) is 0 Å². The number of alkyl halides is 2. The van der Waals surface area contributed by atoms with Crippen LogP contribution in [0.1, 0.15) is 24.1 Å². The Kier molecular flexibility index (Phi) is 6.32. The summed E-state index contributed by atoms with van der Waals surface area (Å²) in [4.78, 5) is 25.4. The molecule has 0 spiro atoms. The Bertz CT molecular complexity index is 1070. The van der Waals surface area contributed by atoms with Crippen LogP contribution in [0.15, 0.2) is 24.8 Å². The third-order valence-corrected chi connectivity index (χ3v) is 8.11. The third kappa shape index (κ3) is 3.86. The number of hydrogen-bond acceptors (Lipinski definition) is 3. The molecular weight excluding hydrogens is 522 g/mol. The van der Waals surface area contributed by atoms with E-state index in [1.807, 2.05) is 18.0 Å². The van der Waals surface area contributed by atoms with E-state index in [1.165, 1.54) is 16.4 Å². The summed E-state index contributed by atoms with van der Waals surface area (Å²) in [5, 5.41) is 2.10. The quantitative estimate of drug-likeness (QED) is 0.277. The van der Waals surface area contributed by atoms with Crippen LogP contribution < -0.4 is 21.2 Å². The number of fused-ring (bicyclic) bond motifs is 3. The molecule has 1 amide bonds. The van der Waals surface area contributed by atoms with E-state index < -0.39 is 0 Å². The van der Waals surface area contributed by atoms with E-state index in [9.17, 15) is 4.79 Å². The van der Waals surface area contributed by atoms with Gasteiger partial charge in [0.25, 0.3) is 0 Å². The Morgan fingerprint density at radius 2 is 2.03 bits per heavy atom. The standard InChI is InChI=1S/C21H22Cl2IN4O/c1-24-6-3-4-18(29)28-7-5-17-15(11-28)19-14(13-9-25-12-26-10-13)8-16(22)20(23)21(19)27(17)2/h8-10,12H,3-7,11H2,1-2H3/q-1. The molecule has 1 aliphatic rings. The number of aromatic nitrogens is 3. The molecule has 0 unspecified atom stereocenters. The van der Waals surface area contributed by atoms with Crippen molar-refractivity contribution in [3.05, 3.63) is 46.1 Å². The molecule has 0 aliphatic carbocycles. The van der Waals surface area contributed by atoms with Crippen molar-refractivity contribution < 1.29 is 26.0 Å². The van der Waals surface area contributed by atoms with Gasteiger partial charge in [-0.1, -0.05) is 0 Å². The predicted molar refractivity (Wildman–Crippen MR) is 113 cm³/mol. The Morgan fingerprint density at radius 1 is 1.28 bits per heavy atom. The summed E-state index contributed by atoms with van der Waals surface area (Å²) in [5.74, 6) is 0.245.